The maximum Gasteiger partial charge on any atom is 0.266 e. The minimum atomic E-state index is -4.18. The van der Waals surface area contributed by atoms with Gasteiger partial charge in [-0.15, -0.1) is 0 Å². The zero-order valence-electron chi connectivity index (χ0n) is 25.8. The molecule has 0 fully saturated rings. The largest absolute Gasteiger partial charge is 0.351 e. The molecule has 4 aromatic rings. The third kappa shape index (κ3) is 10.4. The van der Waals surface area contributed by atoms with Gasteiger partial charge in [-0.25, -0.2) is 4.39 Å². The summed E-state index contributed by atoms with van der Waals surface area (Å²) in [5, 5.41) is 5.76. The summed E-state index contributed by atoms with van der Waals surface area (Å²) in [6, 6.07) is 25.9. The van der Waals surface area contributed by atoms with Gasteiger partial charge in [-0.05, 0) is 76.6 Å². The topological polar surface area (TPSA) is 113 Å². The van der Waals surface area contributed by atoms with E-state index < -0.39 is 33.5 Å². The van der Waals surface area contributed by atoms with Gasteiger partial charge in [0.05, 0.1) is 16.7 Å². The third-order valence-corrected chi connectivity index (χ3v) is 8.16. The van der Waals surface area contributed by atoms with E-state index >= 15 is 0 Å². The van der Waals surface area contributed by atoms with Crippen LogP contribution in [0, 0.1) is 11.2 Å². The molecular formula is C36H36ClFN2O5S. The van der Waals surface area contributed by atoms with E-state index in [-0.39, 0.29) is 17.9 Å². The van der Waals surface area contributed by atoms with Gasteiger partial charge in [-0.3, -0.25) is 14.1 Å². The first kappa shape index (κ1) is 34.6. The summed E-state index contributed by atoms with van der Waals surface area (Å²) >= 11 is 6.23. The molecule has 0 aliphatic rings. The lowest BCUT2D eigenvalue weighted by Gasteiger charge is -2.19. The number of halogens is 2. The Kier molecular flexibility index (Phi) is 11.2. The number of allylic oxidation sites excluding steroid dienone is 1. The molecule has 0 saturated carbocycles. The first-order chi connectivity index (χ1) is 21.7. The Hall–Kier alpha value is -4.31. The van der Waals surface area contributed by atoms with Crippen molar-refractivity contribution < 1.29 is 27.0 Å². The molecule has 0 heterocycles. The Morgan fingerprint density at radius 1 is 0.935 bits per heavy atom. The molecule has 46 heavy (non-hydrogen) atoms. The highest BCUT2D eigenvalue weighted by atomic mass is 35.5. The highest BCUT2D eigenvalue weighted by Crippen LogP contribution is 2.30. The summed E-state index contributed by atoms with van der Waals surface area (Å²) in [7, 11) is -4.18. The lowest BCUT2D eigenvalue weighted by molar-refractivity contribution is -0.117. The second kappa shape index (κ2) is 14.9. The third-order valence-electron chi connectivity index (χ3n) is 7.13. The van der Waals surface area contributed by atoms with E-state index in [9.17, 15) is 22.4 Å². The molecule has 0 spiro atoms. The van der Waals surface area contributed by atoms with Gasteiger partial charge in [0.25, 0.3) is 16.0 Å². The van der Waals surface area contributed by atoms with Crippen LogP contribution in [0.2, 0.25) is 5.02 Å². The summed E-state index contributed by atoms with van der Waals surface area (Å²) in [5.74, 6) is -2.27. The second-order valence-electron chi connectivity index (χ2n) is 12.1. The molecule has 0 aromatic heterocycles. The number of amides is 2. The van der Waals surface area contributed by atoms with Gasteiger partial charge < -0.3 is 10.6 Å². The van der Waals surface area contributed by atoms with Crippen molar-refractivity contribution in [3.8, 4) is 11.1 Å². The molecular weight excluding hydrogens is 627 g/mol. The molecule has 1 atom stereocenters. The lowest BCUT2D eigenvalue weighted by atomic mass is 9.89. The monoisotopic (exact) mass is 662 g/mol. The fourth-order valence-corrected chi connectivity index (χ4v) is 5.29. The minimum Gasteiger partial charge on any atom is -0.351 e. The predicted molar refractivity (Wildman–Crippen MR) is 182 cm³/mol. The average molecular weight is 663 g/mol. The molecule has 0 aliphatic heterocycles. The van der Waals surface area contributed by atoms with Gasteiger partial charge in [0.2, 0.25) is 5.91 Å². The number of hydrogen-bond donors (Lipinski definition) is 3. The van der Waals surface area contributed by atoms with Gasteiger partial charge in [0, 0.05) is 23.4 Å². The standard InChI is InChI=1S/C36H36ClFN2O5S/c1-36(2,3)19-18-24-4-8-27(9-5-24)32(22-25-6-10-28(11-7-25)34(41)39-20-21-46(43,44)45)35(42)40-30-15-12-26(13-16-30)31-17-14-29(38)23-33(31)37/h4-19,23,32H,20-22H2,1-3H3,(H,39,41)(H,40,42)(H,43,44,45)/b19-18+. The molecule has 4 aromatic carbocycles. The highest BCUT2D eigenvalue weighted by Gasteiger charge is 2.22. The van der Waals surface area contributed by atoms with Crippen LogP contribution in [0.5, 0.6) is 0 Å². The number of anilines is 1. The molecule has 10 heteroatoms. The molecule has 4 rings (SSSR count). The van der Waals surface area contributed by atoms with E-state index in [2.05, 4.69) is 37.5 Å². The first-order valence-electron chi connectivity index (χ1n) is 14.6. The maximum absolute atomic E-state index is 13.8. The van der Waals surface area contributed by atoms with E-state index in [0.717, 1.165) is 22.3 Å². The van der Waals surface area contributed by atoms with E-state index in [1.54, 1.807) is 54.6 Å². The van der Waals surface area contributed by atoms with Crippen molar-refractivity contribution in [3.63, 3.8) is 0 Å². The summed E-state index contributed by atoms with van der Waals surface area (Å²) < 4.78 is 44.2. The van der Waals surface area contributed by atoms with Crippen molar-refractivity contribution in [2.75, 3.05) is 17.6 Å². The van der Waals surface area contributed by atoms with Crippen molar-refractivity contribution >= 4 is 45.3 Å². The van der Waals surface area contributed by atoms with Crippen LogP contribution in [-0.4, -0.2) is 37.1 Å². The van der Waals surface area contributed by atoms with E-state index in [1.807, 2.05) is 30.3 Å². The number of hydrogen-bond acceptors (Lipinski definition) is 4. The van der Waals surface area contributed by atoms with E-state index in [4.69, 9.17) is 16.2 Å². The molecule has 2 amide bonds. The van der Waals surface area contributed by atoms with Crippen LogP contribution in [-0.2, 0) is 21.3 Å². The number of carbonyl (C=O) groups excluding carboxylic acids is 2. The molecule has 7 nitrogen and oxygen atoms in total. The van der Waals surface area contributed by atoms with Crippen LogP contribution in [0.3, 0.4) is 0 Å². The Bertz CT molecular complexity index is 1820. The predicted octanol–water partition coefficient (Wildman–Crippen LogP) is 7.79. The van der Waals surface area contributed by atoms with Crippen molar-refractivity contribution in [2.24, 2.45) is 5.41 Å². The molecule has 0 aliphatic carbocycles. The normalized spacial score (nSPS) is 12.6. The fraction of sp³-hybridized carbons (Fsp3) is 0.222. The maximum atomic E-state index is 13.8. The smallest absolute Gasteiger partial charge is 0.266 e. The van der Waals surface area contributed by atoms with Crippen LogP contribution in [0.1, 0.15) is 53.7 Å². The molecule has 240 valence electrons. The second-order valence-corrected chi connectivity index (χ2v) is 14.0. The zero-order chi connectivity index (χ0) is 33.5. The van der Waals surface area contributed by atoms with Crippen molar-refractivity contribution in [2.45, 2.75) is 33.1 Å². The zero-order valence-corrected chi connectivity index (χ0v) is 27.3. The minimum absolute atomic E-state index is 0.0261. The van der Waals surface area contributed by atoms with Crippen LogP contribution in [0.15, 0.2) is 97.1 Å². The van der Waals surface area contributed by atoms with Crippen LogP contribution in [0.4, 0.5) is 10.1 Å². The summed E-state index contributed by atoms with van der Waals surface area (Å²) in [6.07, 6.45) is 4.51. The van der Waals surface area contributed by atoms with Gasteiger partial charge in [0.1, 0.15) is 5.82 Å². The van der Waals surface area contributed by atoms with Crippen molar-refractivity contribution in [1.29, 1.82) is 0 Å². The average Bonchev–Trinajstić information content (AvgIpc) is 2.99. The van der Waals surface area contributed by atoms with Gasteiger partial charge in [-0.2, -0.15) is 8.42 Å². The van der Waals surface area contributed by atoms with E-state index in [1.165, 1.54) is 12.1 Å². The highest BCUT2D eigenvalue weighted by molar-refractivity contribution is 7.85. The first-order valence-corrected chi connectivity index (χ1v) is 16.6. The number of benzene rings is 4. The summed E-state index contributed by atoms with van der Waals surface area (Å²) in [6.45, 7) is 6.13. The fourth-order valence-electron chi connectivity index (χ4n) is 4.66. The number of nitrogens with one attached hydrogen (secondary N) is 2. The van der Waals surface area contributed by atoms with Crippen LogP contribution < -0.4 is 10.6 Å². The van der Waals surface area contributed by atoms with Crippen molar-refractivity contribution in [1.82, 2.24) is 5.32 Å². The molecule has 3 N–H and O–H groups in total. The van der Waals surface area contributed by atoms with Crippen LogP contribution in [0.25, 0.3) is 17.2 Å². The lowest BCUT2D eigenvalue weighted by Crippen LogP contribution is -2.28. The summed E-state index contributed by atoms with van der Waals surface area (Å²) in [5.41, 5.74) is 5.01. The molecule has 0 bridgehead atoms. The van der Waals surface area contributed by atoms with Gasteiger partial charge in [-0.1, -0.05) is 93.1 Å². The van der Waals surface area contributed by atoms with Gasteiger partial charge >= 0.3 is 0 Å². The Balaban J connectivity index is 1.54. The SMILES string of the molecule is CC(C)(C)/C=C/c1ccc(C(Cc2ccc(C(=O)NCCS(=O)(=O)O)cc2)C(=O)Nc2ccc(-c3ccc(F)cc3Cl)cc2)cc1. The molecule has 0 radical (unpaired) electrons. The number of carbonyl (C=O) groups is 2. The number of rotatable bonds is 11. The molecule has 1 unspecified atom stereocenters. The summed E-state index contributed by atoms with van der Waals surface area (Å²) in [4.78, 5) is 26.2. The Morgan fingerprint density at radius 2 is 1.59 bits per heavy atom. The molecule has 0 saturated heterocycles. The van der Waals surface area contributed by atoms with Gasteiger partial charge in [0.15, 0.2) is 0 Å². The van der Waals surface area contributed by atoms with E-state index in [0.29, 0.717) is 28.3 Å². The van der Waals surface area contributed by atoms with Crippen LogP contribution >= 0.6 is 11.6 Å². The Labute approximate surface area is 274 Å². The van der Waals surface area contributed by atoms with Crippen molar-refractivity contribution in [3.05, 3.63) is 130 Å². The quantitative estimate of drug-likeness (QED) is 0.142. The Morgan fingerprint density at radius 3 is 2.17 bits per heavy atom.